The van der Waals surface area contributed by atoms with Gasteiger partial charge in [-0.25, -0.2) is 15.0 Å². The molecule has 0 aromatic carbocycles. The second-order valence-electron chi connectivity index (χ2n) is 3.82. The summed E-state index contributed by atoms with van der Waals surface area (Å²) >= 11 is 7.29. The van der Waals surface area contributed by atoms with Crippen LogP contribution in [0.15, 0.2) is 12.3 Å². The van der Waals surface area contributed by atoms with E-state index in [1.165, 1.54) is 11.3 Å². The van der Waals surface area contributed by atoms with E-state index in [1.54, 1.807) is 6.20 Å². The highest BCUT2D eigenvalue weighted by atomic mass is 35.5. The fourth-order valence-corrected chi connectivity index (χ4v) is 2.32. The highest BCUT2D eigenvalue weighted by Gasteiger charge is 2.09. The van der Waals surface area contributed by atoms with Gasteiger partial charge in [0.25, 0.3) is 0 Å². The van der Waals surface area contributed by atoms with Crippen molar-refractivity contribution in [2.24, 2.45) is 0 Å². The molecular formula is C12H15ClN4S. The van der Waals surface area contributed by atoms with Crippen LogP contribution in [0.5, 0.6) is 0 Å². The number of rotatable bonds is 5. The van der Waals surface area contributed by atoms with Crippen LogP contribution in [0.3, 0.4) is 0 Å². The number of nitrogens with one attached hydrogen (secondary N) is 1. The minimum absolute atomic E-state index is 0.643. The van der Waals surface area contributed by atoms with Gasteiger partial charge in [-0.1, -0.05) is 36.8 Å². The Balaban J connectivity index is 2.34. The van der Waals surface area contributed by atoms with Crippen LogP contribution in [0.1, 0.15) is 26.0 Å². The molecule has 18 heavy (non-hydrogen) atoms. The zero-order valence-corrected chi connectivity index (χ0v) is 12.0. The molecule has 0 bridgehead atoms. The van der Waals surface area contributed by atoms with Crippen molar-refractivity contribution < 1.29 is 0 Å². The molecule has 0 radical (unpaired) electrons. The van der Waals surface area contributed by atoms with Crippen LogP contribution in [0, 0.1) is 0 Å². The first kappa shape index (κ1) is 13.2. The number of nitrogens with zero attached hydrogens (tertiary/aromatic N) is 3. The van der Waals surface area contributed by atoms with Gasteiger partial charge in [0.05, 0.1) is 6.20 Å². The number of hydrogen-bond donors (Lipinski definition) is 1. The lowest BCUT2D eigenvalue weighted by Gasteiger charge is -2.07. The van der Waals surface area contributed by atoms with Gasteiger partial charge >= 0.3 is 0 Å². The van der Waals surface area contributed by atoms with E-state index >= 15 is 0 Å². The van der Waals surface area contributed by atoms with Crippen LogP contribution in [-0.2, 0) is 6.42 Å². The number of aromatic nitrogens is 3. The molecule has 0 saturated carbocycles. The molecule has 2 aromatic heterocycles. The normalized spacial score (nSPS) is 10.6. The average molecular weight is 283 g/mol. The molecular weight excluding hydrogens is 268 g/mol. The smallest absolute Gasteiger partial charge is 0.190 e. The van der Waals surface area contributed by atoms with Crippen molar-refractivity contribution in [1.82, 2.24) is 15.0 Å². The number of hydrogen-bond acceptors (Lipinski definition) is 5. The molecule has 2 heterocycles. The van der Waals surface area contributed by atoms with Gasteiger partial charge < -0.3 is 5.32 Å². The van der Waals surface area contributed by atoms with Crippen molar-refractivity contribution in [3.8, 4) is 10.8 Å². The van der Waals surface area contributed by atoms with Crippen molar-refractivity contribution in [1.29, 1.82) is 0 Å². The van der Waals surface area contributed by atoms with E-state index in [9.17, 15) is 0 Å². The third-order valence-electron chi connectivity index (χ3n) is 2.37. The van der Waals surface area contributed by atoms with E-state index < -0.39 is 0 Å². The highest BCUT2D eigenvalue weighted by Crippen LogP contribution is 2.26. The van der Waals surface area contributed by atoms with Crippen LogP contribution < -0.4 is 5.32 Å². The minimum atomic E-state index is 0.643. The van der Waals surface area contributed by atoms with E-state index in [2.05, 4.69) is 34.1 Å². The lowest BCUT2D eigenvalue weighted by atomic mass is 10.3. The van der Waals surface area contributed by atoms with Gasteiger partial charge in [0.15, 0.2) is 10.8 Å². The number of anilines is 1. The molecule has 0 spiro atoms. The summed E-state index contributed by atoms with van der Waals surface area (Å²) in [7, 11) is 0. The predicted octanol–water partition coefficient (Wildman–Crippen LogP) is 3.64. The molecule has 96 valence electrons. The molecule has 2 aromatic rings. The van der Waals surface area contributed by atoms with Crippen LogP contribution in [-0.4, -0.2) is 21.5 Å². The summed E-state index contributed by atoms with van der Waals surface area (Å²) in [6.45, 7) is 5.10. The van der Waals surface area contributed by atoms with Crippen LogP contribution >= 0.6 is 22.9 Å². The number of halogens is 1. The van der Waals surface area contributed by atoms with Crippen molar-refractivity contribution in [3.63, 3.8) is 0 Å². The Labute approximate surface area is 115 Å². The Hall–Kier alpha value is -1.20. The largest absolute Gasteiger partial charge is 0.370 e. The topological polar surface area (TPSA) is 50.7 Å². The predicted molar refractivity (Wildman–Crippen MR) is 76.3 cm³/mol. The lowest BCUT2D eigenvalue weighted by Crippen LogP contribution is -2.05. The van der Waals surface area contributed by atoms with Gasteiger partial charge in [0.1, 0.15) is 10.2 Å². The Morgan fingerprint density at radius 2 is 2.17 bits per heavy atom. The van der Waals surface area contributed by atoms with Gasteiger partial charge in [-0.3, -0.25) is 0 Å². The van der Waals surface area contributed by atoms with Gasteiger partial charge in [0.2, 0.25) is 0 Å². The first-order chi connectivity index (χ1) is 8.72. The summed E-state index contributed by atoms with van der Waals surface area (Å²) in [5.41, 5.74) is 1.00. The molecule has 0 unspecified atom stereocenters. The van der Waals surface area contributed by atoms with Crippen molar-refractivity contribution in [3.05, 3.63) is 22.3 Å². The average Bonchev–Trinajstić information content (AvgIpc) is 2.82. The summed E-state index contributed by atoms with van der Waals surface area (Å²) in [6, 6.07) is 1.98. The molecule has 4 nitrogen and oxygen atoms in total. The maximum absolute atomic E-state index is 5.89. The minimum Gasteiger partial charge on any atom is -0.370 e. The number of thiazole rings is 1. The summed E-state index contributed by atoms with van der Waals surface area (Å²) in [6.07, 6.45) is 3.56. The molecule has 0 aliphatic heterocycles. The standard InChI is InChI=1S/C12H15ClN4S/c1-3-5-14-10-6-8(4-2)16-11(17-10)12-15-7-9(13)18-12/h6-7H,3-5H2,1-2H3,(H,14,16,17). The second-order valence-corrected chi connectivity index (χ2v) is 5.48. The molecule has 0 atom stereocenters. The van der Waals surface area contributed by atoms with E-state index in [1.807, 2.05) is 6.07 Å². The zero-order chi connectivity index (χ0) is 13.0. The molecule has 0 fully saturated rings. The van der Waals surface area contributed by atoms with Crippen molar-refractivity contribution in [2.45, 2.75) is 26.7 Å². The summed E-state index contributed by atoms with van der Waals surface area (Å²) in [5.74, 6) is 1.50. The molecule has 0 aliphatic rings. The van der Waals surface area contributed by atoms with Crippen molar-refractivity contribution in [2.75, 3.05) is 11.9 Å². The third kappa shape index (κ3) is 3.17. The quantitative estimate of drug-likeness (QED) is 0.910. The Morgan fingerprint density at radius 1 is 1.33 bits per heavy atom. The molecule has 0 aliphatic carbocycles. The Morgan fingerprint density at radius 3 is 2.78 bits per heavy atom. The van der Waals surface area contributed by atoms with Gasteiger partial charge in [-0.05, 0) is 12.8 Å². The lowest BCUT2D eigenvalue weighted by molar-refractivity contribution is 0.950. The summed E-state index contributed by atoms with van der Waals surface area (Å²) in [5, 5.41) is 4.04. The van der Waals surface area contributed by atoms with E-state index in [4.69, 9.17) is 11.6 Å². The molecule has 1 N–H and O–H groups in total. The fraction of sp³-hybridized carbons (Fsp3) is 0.417. The van der Waals surface area contributed by atoms with Gasteiger partial charge in [0, 0.05) is 18.3 Å². The van der Waals surface area contributed by atoms with E-state index in [-0.39, 0.29) is 0 Å². The molecule has 0 saturated heterocycles. The Bertz CT molecular complexity index is 527. The maximum atomic E-state index is 5.89. The van der Waals surface area contributed by atoms with E-state index in [0.717, 1.165) is 35.9 Å². The monoisotopic (exact) mass is 282 g/mol. The van der Waals surface area contributed by atoms with Crippen LogP contribution in [0.2, 0.25) is 4.34 Å². The first-order valence-electron chi connectivity index (χ1n) is 5.96. The SMILES string of the molecule is CCCNc1cc(CC)nc(-c2ncc(Cl)s2)n1. The molecule has 2 rings (SSSR count). The van der Waals surface area contributed by atoms with Gasteiger partial charge in [-0.2, -0.15) is 0 Å². The van der Waals surface area contributed by atoms with Crippen LogP contribution in [0.4, 0.5) is 5.82 Å². The Kier molecular flexibility index (Phi) is 4.49. The molecule has 6 heteroatoms. The summed E-state index contributed by atoms with van der Waals surface area (Å²) < 4.78 is 0.651. The molecule has 0 amide bonds. The third-order valence-corrected chi connectivity index (χ3v) is 3.48. The van der Waals surface area contributed by atoms with Crippen molar-refractivity contribution >= 4 is 28.8 Å². The maximum Gasteiger partial charge on any atom is 0.190 e. The van der Waals surface area contributed by atoms with E-state index in [0.29, 0.717) is 10.2 Å². The van der Waals surface area contributed by atoms with Crippen LogP contribution in [0.25, 0.3) is 10.8 Å². The van der Waals surface area contributed by atoms with Gasteiger partial charge in [-0.15, -0.1) is 0 Å². The zero-order valence-electron chi connectivity index (χ0n) is 10.4. The highest BCUT2D eigenvalue weighted by molar-refractivity contribution is 7.18. The summed E-state index contributed by atoms with van der Waals surface area (Å²) in [4.78, 5) is 13.2. The number of aryl methyl sites for hydroxylation is 1. The second kappa shape index (κ2) is 6.11. The fourth-order valence-electron chi connectivity index (χ4n) is 1.48. The first-order valence-corrected chi connectivity index (χ1v) is 7.16.